The summed E-state index contributed by atoms with van der Waals surface area (Å²) in [5, 5.41) is 3.72. The monoisotopic (exact) mass is 431 g/mol. The molecule has 8 heteroatoms. The lowest BCUT2D eigenvalue weighted by Gasteiger charge is -2.43. The summed E-state index contributed by atoms with van der Waals surface area (Å²) in [5.74, 6) is 2.61. The fourth-order valence-electron chi connectivity index (χ4n) is 4.74. The Hall–Kier alpha value is -0.660. The number of aromatic nitrogens is 2. The van der Waals surface area contributed by atoms with Crippen molar-refractivity contribution < 1.29 is 4.74 Å². The molecule has 1 aliphatic carbocycles. The Kier molecular flexibility index (Phi) is 8.35. The van der Waals surface area contributed by atoms with Gasteiger partial charge in [0.05, 0.1) is 13.2 Å². The van der Waals surface area contributed by atoms with Crippen molar-refractivity contribution in [3.05, 3.63) is 18.1 Å². The predicted molar refractivity (Wildman–Crippen MR) is 118 cm³/mol. The van der Waals surface area contributed by atoms with Crippen LogP contribution < -0.4 is 5.32 Å². The van der Waals surface area contributed by atoms with E-state index in [9.17, 15) is 0 Å². The van der Waals surface area contributed by atoms with Gasteiger partial charge < -0.3 is 10.1 Å². The van der Waals surface area contributed by atoms with Gasteiger partial charge in [0, 0.05) is 56.1 Å². The number of morpholine rings is 1. The van der Waals surface area contributed by atoms with Gasteiger partial charge in [0.25, 0.3) is 0 Å². The minimum absolute atomic E-state index is 0. The van der Waals surface area contributed by atoms with Gasteiger partial charge in [-0.15, -0.1) is 24.8 Å². The summed E-state index contributed by atoms with van der Waals surface area (Å²) in [7, 11) is 0. The molecule has 4 rings (SSSR count). The van der Waals surface area contributed by atoms with Gasteiger partial charge in [-0.05, 0) is 45.4 Å². The Morgan fingerprint density at radius 3 is 2.50 bits per heavy atom. The van der Waals surface area contributed by atoms with Crippen LogP contribution in [0.1, 0.15) is 32.4 Å². The molecule has 1 aromatic rings. The Morgan fingerprint density at radius 2 is 1.86 bits per heavy atom. The zero-order valence-electron chi connectivity index (χ0n) is 17.3. The normalized spacial score (nSPS) is 26.4. The highest BCUT2D eigenvalue weighted by molar-refractivity contribution is 5.85. The minimum Gasteiger partial charge on any atom is -0.379 e. The van der Waals surface area contributed by atoms with Gasteiger partial charge in [-0.25, -0.2) is 9.97 Å². The van der Waals surface area contributed by atoms with Crippen molar-refractivity contribution in [2.75, 3.05) is 51.3 Å². The number of likely N-dealkylation sites (tertiary alicyclic amines) is 1. The summed E-state index contributed by atoms with van der Waals surface area (Å²) in [5.41, 5.74) is 1.21. The first-order valence-corrected chi connectivity index (χ1v) is 10.1. The van der Waals surface area contributed by atoms with Crippen molar-refractivity contribution >= 4 is 30.6 Å². The first kappa shape index (κ1) is 23.6. The van der Waals surface area contributed by atoms with Crippen molar-refractivity contribution in [3.8, 4) is 0 Å². The lowest BCUT2D eigenvalue weighted by Crippen LogP contribution is -2.55. The van der Waals surface area contributed by atoms with Gasteiger partial charge in [0.1, 0.15) is 12.1 Å². The van der Waals surface area contributed by atoms with Crippen LogP contribution in [0, 0.1) is 18.8 Å². The van der Waals surface area contributed by atoms with Gasteiger partial charge in [-0.1, -0.05) is 0 Å². The molecule has 1 saturated carbocycles. The molecule has 0 radical (unpaired) electrons. The molecule has 28 heavy (non-hydrogen) atoms. The summed E-state index contributed by atoms with van der Waals surface area (Å²) in [6, 6.07) is 2.56. The number of nitrogens with zero attached hydrogens (tertiary/aromatic N) is 4. The van der Waals surface area contributed by atoms with E-state index in [2.05, 4.69) is 45.0 Å². The smallest absolute Gasteiger partial charge is 0.129 e. The SMILES string of the molecule is Cc1cc(N[C@H]2CN(CC(C)(C)N3CCOCC3)C[C@@H]2C2CC2)ncn1.Cl.Cl. The van der Waals surface area contributed by atoms with E-state index in [0.29, 0.717) is 6.04 Å². The average Bonchev–Trinajstić information content (AvgIpc) is 3.38. The second-order valence-electron chi connectivity index (χ2n) is 8.90. The quantitative estimate of drug-likeness (QED) is 0.746. The van der Waals surface area contributed by atoms with Crippen LogP contribution in [0.25, 0.3) is 0 Å². The molecule has 0 unspecified atom stereocenters. The van der Waals surface area contributed by atoms with Crippen molar-refractivity contribution in [2.24, 2.45) is 11.8 Å². The van der Waals surface area contributed by atoms with E-state index in [-0.39, 0.29) is 30.4 Å². The minimum atomic E-state index is 0. The summed E-state index contributed by atoms with van der Waals surface area (Å²) in [6.45, 7) is 14.1. The van der Waals surface area contributed by atoms with Crippen LogP contribution in [0.4, 0.5) is 5.82 Å². The van der Waals surface area contributed by atoms with Crippen molar-refractivity contribution in [3.63, 3.8) is 0 Å². The Balaban J connectivity index is 0.00000140. The number of nitrogens with one attached hydrogen (secondary N) is 1. The maximum Gasteiger partial charge on any atom is 0.129 e. The lowest BCUT2D eigenvalue weighted by molar-refractivity contribution is -0.0199. The highest BCUT2D eigenvalue weighted by atomic mass is 35.5. The third kappa shape index (κ3) is 5.70. The molecule has 160 valence electrons. The highest BCUT2D eigenvalue weighted by Crippen LogP contribution is 2.42. The topological polar surface area (TPSA) is 53.5 Å². The van der Waals surface area contributed by atoms with Gasteiger partial charge in [-0.3, -0.25) is 9.80 Å². The summed E-state index contributed by atoms with van der Waals surface area (Å²) >= 11 is 0. The molecular weight excluding hydrogens is 397 g/mol. The maximum atomic E-state index is 5.54. The molecule has 1 N–H and O–H groups in total. The Morgan fingerprint density at radius 1 is 1.14 bits per heavy atom. The van der Waals surface area contributed by atoms with E-state index in [1.807, 2.05) is 6.92 Å². The molecule has 1 aromatic heterocycles. The summed E-state index contributed by atoms with van der Waals surface area (Å²) in [4.78, 5) is 13.9. The summed E-state index contributed by atoms with van der Waals surface area (Å²) in [6.07, 6.45) is 4.46. The molecule has 3 fully saturated rings. The lowest BCUT2D eigenvalue weighted by atomic mass is 9.98. The highest BCUT2D eigenvalue weighted by Gasteiger charge is 2.44. The van der Waals surface area contributed by atoms with Crippen LogP contribution in [-0.2, 0) is 4.74 Å². The third-order valence-corrected chi connectivity index (χ3v) is 6.28. The van der Waals surface area contributed by atoms with Crippen LogP contribution in [0.2, 0.25) is 0 Å². The molecule has 0 bridgehead atoms. The summed E-state index contributed by atoms with van der Waals surface area (Å²) < 4.78 is 5.54. The molecule has 0 aromatic carbocycles. The standard InChI is InChI=1S/C20H33N5O.2ClH/c1-15-10-19(22-14-21-15)23-18-12-24(11-17(18)16-4-5-16)13-20(2,3)25-6-8-26-9-7-25;;/h10,14,16-18H,4-9,11-13H2,1-3H3,(H,21,22,23);2*1H/t17-,18+;;/m1../s1. The largest absolute Gasteiger partial charge is 0.379 e. The second kappa shape index (κ2) is 9.90. The number of anilines is 1. The fourth-order valence-corrected chi connectivity index (χ4v) is 4.74. The van der Waals surface area contributed by atoms with Crippen molar-refractivity contribution in [1.29, 1.82) is 0 Å². The number of hydrogen-bond donors (Lipinski definition) is 1. The molecule has 3 heterocycles. The van der Waals surface area contributed by atoms with E-state index < -0.39 is 0 Å². The van der Waals surface area contributed by atoms with Gasteiger partial charge in [-0.2, -0.15) is 0 Å². The van der Waals surface area contributed by atoms with E-state index in [0.717, 1.165) is 62.7 Å². The molecule has 0 spiro atoms. The number of hydrogen-bond acceptors (Lipinski definition) is 6. The first-order chi connectivity index (χ1) is 12.5. The number of halogens is 2. The molecular formula is C20H35Cl2N5O. The van der Waals surface area contributed by atoms with E-state index >= 15 is 0 Å². The van der Waals surface area contributed by atoms with E-state index in [1.165, 1.54) is 19.4 Å². The van der Waals surface area contributed by atoms with Crippen LogP contribution in [0.5, 0.6) is 0 Å². The second-order valence-corrected chi connectivity index (χ2v) is 8.90. The van der Waals surface area contributed by atoms with Crippen LogP contribution in [-0.4, -0.2) is 77.3 Å². The van der Waals surface area contributed by atoms with Crippen molar-refractivity contribution in [2.45, 2.75) is 45.2 Å². The molecule has 2 saturated heterocycles. The maximum absolute atomic E-state index is 5.54. The van der Waals surface area contributed by atoms with Gasteiger partial charge >= 0.3 is 0 Å². The van der Waals surface area contributed by atoms with E-state index in [4.69, 9.17) is 4.74 Å². The first-order valence-electron chi connectivity index (χ1n) is 10.1. The molecule has 2 aliphatic heterocycles. The molecule has 6 nitrogen and oxygen atoms in total. The van der Waals surface area contributed by atoms with Gasteiger partial charge in [0.15, 0.2) is 0 Å². The number of rotatable bonds is 6. The van der Waals surface area contributed by atoms with Crippen LogP contribution >= 0.6 is 24.8 Å². The Labute approximate surface area is 181 Å². The zero-order chi connectivity index (χ0) is 18.1. The van der Waals surface area contributed by atoms with Crippen LogP contribution in [0.15, 0.2) is 12.4 Å². The zero-order valence-corrected chi connectivity index (χ0v) is 18.9. The molecule has 0 amide bonds. The Bertz CT molecular complexity index is 622. The molecule has 2 atom stereocenters. The van der Waals surface area contributed by atoms with Crippen molar-refractivity contribution in [1.82, 2.24) is 19.8 Å². The third-order valence-electron chi connectivity index (χ3n) is 6.28. The van der Waals surface area contributed by atoms with Crippen LogP contribution in [0.3, 0.4) is 0 Å². The van der Waals surface area contributed by atoms with E-state index in [1.54, 1.807) is 6.33 Å². The van der Waals surface area contributed by atoms with Gasteiger partial charge in [0.2, 0.25) is 0 Å². The number of ether oxygens (including phenoxy) is 1. The number of aryl methyl sites for hydroxylation is 1. The predicted octanol–water partition coefficient (Wildman–Crippen LogP) is 2.86. The molecule has 3 aliphatic rings. The average molecular weight is 432 g/mol. The fraction of sp³-hybridized carbons (Fsp3) is 0.800.